The number of halogens is 1. The third kappa shape index (κ3) is 4.77. The van der Waals surface area contributed by atoms with Crippen LogP contribution in [0, 0.1) is 5.82 Å². The Morgan fingerprint density at radius 3 is 2.54 bits per heavy atom. The van der Waals surface area contributed by atoms with E-state index < -0.39 is 0 Å². The summed E-state index contributed by atoms with van der Waals surface area (Å²) in [5, 5.41) is 5.79. The van der Waals surface area contributed by atoms with E-state index in [0.717, 1.165) is 30.5 Å². The van der Waals surface area contributed by atoms with Gasteiger partial charge in [0.1, 0.15) is 11.5 Å². The third-order valence-electron chi connectivity index (χ3n) is 4.64. The number of fused-ring (bicyclic) bond motifs is 1. The minimum Gasteiger partial charge on any atom is -0.350 e. The van der Waals surface area contributed by atoms with E-state index in [0.29, 0.717) is 31.0 Å². The highest BCUT2D eigenvalue weighted by molar-refractivity contribution is 5.97. The summed E-state index contributed by atoms with van der Waals surface area (Å²) in [6.07, 6.45) is 3.27. The first-order valence-electron chi connectivity index (χ1n) is 9.69. The summed E-state index contributed by atoms with van der Waals surface area (Å²) >= 11 is 0. The predicted molar refractivity (Wildman–Crippen MR) is 105 cm³/mol. The molecule has 28 heavy (non-hydrogen) atoms. The molecule has 2 aromatic rings. The molecule has 0 spiro atoms. The molecule has 150 valence electrons. The Bertz CT molecular complexity index is 866. The van der Waals surface area contributed by atoms with Gasteiger partial charge in [0, 0.05) is 18.6 Å². The molecule has 7 heteroatoms. The van der Waals surface area contributed by atoms with Gasteiger partial charge >= 0.3 is 0 Å². The topological polar surface area (TPSA) is 76.0 Å². The van der Waals surface area contributed by atoms with Gasteiger partial charge in [0.25, 0.3) is 11.8 Å². The molecule has 0 aliphatic carbocycles. The highest BCUT2D eigenvalue weighted by atomic mass is 19.1. The summed E-state index contributed by atoms with van der Waals surface area (Å²) in [6, 6.07) is 6.22. The van der Waals surface area contributed by atoms with Crippen molar-refractivity contribution in [1.82, 2.24) is 20.2 Å². The molecule has 0 bridgehead atoms. The monoisotopic (exact) mass is 386 g/mol. The number of hydrogen-bond donors (Lipinski definition) is 2. The second-order valence-electron chi connectivity index (χ2n) is 8.18. The van der Waals surface area contributed by atoms with Crippen molar-refractivity contribution in [3.05, 3.63) is 52.9 Å². The highest BCUT2D eigenvalue weighted by Crippen LogP contribution is 2.21. The van der Waals surface area contributed by atoms with Gasteiger partial charge in [-0.05, 0) is 64.2 Å². The molecule has 0 fully saturated rings. The lowest BCUT2D eigenvalue weighted by atomic mass is 10.1. The first kappa shape index (κ1) is 20.0. The smallest absolute Gasteiger partial charge is 0.287 e. The van der Waals surface area contributed by atoms with E-state index in [4.69, 9.17) is 0 Å². The maximum absolute atomic E-state index is 13.0. The van der Waals surface area contributed by atoms with Crippen LogP contribution in [0.25, 0.3) is 0 Å². The lowest BCUT2D eigenvalue weighted by molar-refractivity contribution is 0.0903. The fourth-order valence-corrected chi connectivity index (χ4v) is 3.35. The largest absolute Gasteiger partial charge is 0.350 e. The number of aromatic nitrogens is 2. The van der Waals surface area contributed by atoms with Crippen molar-refractivity contribution in [1.29, 1.82) is 0 Å². The van der Waals surface area contributed by atoms with Crippen LogP contribution in [0.2, 0.25) is 0 Å². The molecule has 1 aliphatic heterocycles. The van der Waals surface area contributed by atoms with Gasteiger partial charge in [-0.1, -0.05) is 12.1 Å². The van der Waals surface area contributed by atoms with E-state index in [1.807, 2.05) is 25.3 Å². The molecule has 0 radical (unpaired) electrons. The Balaban J connectivity index is 1.72. The van der Waals surface area contributed by atoms with E-state index in [-0.39, 0.29) is 23.2 Å². The predicted octanol–water partition coefficient (Wildman–Crippen LogP) is 2.86. The number of nitrogens with zero attached hydrogens (tertiary/aromatic N) is 2. The first-order chi connectivity index (χ1) is 13.2. The molecule has 6 nitrogen and oxygen atoms in total. The van der Waals surface area contributed by atoms with Gasteiger partial charge < -0.3 is 15.2 Å². The van der Waals surface area contributed by atoms with Crippen molar-refractivity contribution in [2.75, 3.05) is 6.54 Å². The second kappa shape index (κ2) is 8.12. The number of carbonyl (C=O) groups is 2. The van der Waals surface area contributed by atoms with Crippen LogP contribution in [0.3, 0.4) is 0 Å². The van der Waals surface area contributed by atoms with Crippen LogP contribution in [0.1, 0.15) is 66.0 Å². The summed E-state index contributed by atoms with van der Waals surface area (Å²) in [4.78, 5) is 29.7. The number of carbonyl (C=O) groups excluding carboxylic acids is 2. The number of amides is 2. The average molecular weight is 386 g/mol. The maximum atomic E-state index is 13.0. The number of imidazole rings is 1. The van der Waals surface area contributed by atoms with Crippen LogP contribution in [0.5, 0.6) is 0 Å². The molecule has 2 N–H and O–H groups in total. The summed E-state index contributed by atoms with van der Waals surface area (Å²) in [6.45, 7) is 6.84. The molecule has 0 atom stereocenters. The summed E-state index contributed by atoms with van der Waals surface area (Å²) < 4.78 is 14.9. The zero-order valence-corrected chi connectivity index (χ0v) is 16.6. The van der Waals surface area contributed by atoms with Crippen molar-refractivity contribution < 1.29 is 14.0 Å². The van der Waals surface area contributed by atoms with Crippen LogP contribution in [0.15, 0.2) is 24.3 Å². The van der Waals surface area contributed by atoms with Gasteiger partial charge in [0.2, 0.25) is 0 Å². The Labute approximate surface area is 164 Å². The second-order valence-corrected chi connectivity index (χ2v) is 8.18. The maximum Gasteiger partial charge on any atom is 0.287 e. The Kier molecular flexibility index (Phi) is 5.82. The third-order valence-corrected chi connectivity index (χ3v) is 4.64. The zero-order chi connectivity index (χ0) is 20.3. The molecule has 1 aromatic carbocycles. The number of rotatable bonds is 5. The molecular weight excluding hydrogens is 359 g/mol. The van der Waals surface area contributed by atoms with Gasteiger partial charge in [-0.2, -0.15) is 0 Å². The quantitative estimate of drug-likeness (QED) is 0.830. The van der Waals surface area contributed by atoms with Crippen molar-refractivity contribution in [3.8, 4) is 0 Å². The van der Waals surface area contributed by atoms with Gasteiger partial charge in [-0.3, -0.25) is 9.59 Å². The molecule has 2 amide bonds. The molecule has 3 rings (SSSR count). The summed E-state index contributed by atoms with van der Waals surface area (Å²) in [5.41, 5.74) is 1.72. The number of nitrogens with one attached hydrogen (secondary N) is 2. The fourth-order valence-electron chi connectivity index (χ4n) is 3.35. The minimum absolute atomic E-state index is 0.263. The minimum atomic E-state index is -0.379. The molecule has 0 saturated carbocycles. The van der Waals surface area contributed by atoms with Crippen LogP contribution >= 0.6 is 0 Å². The van der Waals surface area contributed by atoms with Crippen LogP contribution in [-0.2, 0) is 19.4 Å². The molecule has 2 heterocycles. The molecule has 0 unspecified atom stereocenters. The number of benzene rings is 1. The van der Waals surface area contributed by atoms with E-state index >= 15 is 0 Å². The van der Waals surface area contributed by atoms with Crippen molar-refractivity contribution >= 4 is 11.8 Å². The van der Waals surface area contributed by atoms with Crippen LogP contribution < -0.4 is 10.6 Å². The summed E-state index contributed by atoms with van der Waals surface area (Å²) in [7, 11) is 0. The zero-order valence-electron chi connectivity index (χ0n) is 16.6. The Hall–Kier alpha value is -2.70. The van der Waals surface area contributed by atoms with E-state index in [2.05, 4.69) is 15.6 Å². The van der Waals surface area contributed by atoms with Crippen LogP contribution in [0.4, 0.5) is 4.39 Å². The van der Waals surface area contributed by atoms with Gasteiger partial charge in [0.15, 0.2) is 5.82 Å². The molecule has 1 aliphatic rings. The molecule has 1 aromatic heterocycles. The standard InChI is InChI=1S/C21H27FN4O2/c1-21(2,3)25-20(28)18-24-17(16-6-4-5-13-26(16)18)19(27)23-12-11-14-7-9-15(22)10-8-14/h7-10H,4-6,11-13H2,1-3H3,(H,23,27)(H,25,28). The lowest BCUT2D eigenvalue weighted by Gasteiger charge is -2.22. The van der Waals surface area contributed by atoms with Crippen LogP contribution in [-0.4, -0.2) is 33.4 Å². The Morgan fingerprint density at radius 2 is 1.86 bits per heavy atom. The average Bonchev–Trinajstić information content (AvgIpc) is 3.02. The SMILES string of the molecule is CC(C)(C)NC(=O)c1nc(C(=O)NCCc2ccc(F)cc2)c2n1CCCC2. The summed E-state index contributed by atoms with van der Waals surface area (Å²) in [5.74, 6) is -0.518. The molecular formula is C21H27FN4O2. The van der Waals surface area contributed by atoms with Gasteiger partial charge in [-0.15, -0.1) is 0 Å². The number of hydrogen-bond acceptors (Lipinski definition) is 3. The van der Waals surface area contributed by atoms with E-state index in [1.54, 1.807) is 12.1 Å². The molecule has 0 saturated heterocycles. The van der Waals surface area contributed by atoms with Gasteiger partial charge in [0.05, 0.1) is 5.69 Å². The highest BCUT2D eigenvalue weighted by Gasteiger charge is 2.28. The van der Waals surface area contributed by atoms with Gasteiger partial charge in [-0.25, -0.2) is 9.37 Å². The Morgan fingerprint density at radius 1 is 1.14 bits per heavy atom. The normalized spacial score (nSPS) is 13.7. The fraction of sp³-hybridized carbons (Fsp3) is 0.476. The van der Waals surface area contributed by atoms with Crippen molar-refractivity contribution in [2.45, 2.75) is 58.5 Å². The van der Waals surface area contributed by atoms with E-state index in [9.17, 15) is 14.0 Å². The van der Waals surface area contributed by atoms with Crippen molar-refractivity contribution in [2.24, 2.45) is 0 Å². The van der Waals surface area contributed by atoms with E-state index in [1.165, 1.54) is 12.1 Å². The van der Waals surface area contributed by atoms with Crippen molar-refractivity contribution in [3.63, 3.8) is 0 Å². The first-order valence-corrected chi connectivity index (χ1v) is 9.69. The lowest BCUT2D eigenvalue weighted by Crippen LogP contribution is -2.42.